The van der Waals surface area contributed by atoms with Crippen molar-refractivity contribution in [2.24, 2.45) is 0 Å². The molecular weight excluding hydrogens is 403 g/mol. The Morgan fingerprint density at radius 3 is 2.17 bits per heavy atom. The van der Waals surface area contributed by atoms with E-state index in [1.54, 1.807) is 12.1 Å². The van der Waals surface area contributed by atoms with E-state index in [0.717, 1.165) is 17.3 Å². The highest BCUT2D eigenvalue weighted by molar-refractivity contribution is 7.11. The van der Waals surface area contributed by atoms with Crippen molar-refractivity contribution in [2.45, 2.75) is 6.36 Å². The minimum Gasteiger partial charge on any atom is -0.443 e. The van der Waals surface area contributed by atoms with E-state index in [2.05, 4.69) is 25.0 Å². The van der Waals surface area contributed by atoms with E-state index >= 15 is 0 Å². The highest BCUT2D eigenvalue weighted by atomic mass is 32.1. The van der Waals surface area contributed by atoms with Crippen LogP contribution in [-0.4, -0.2) is 37.5 Å². The third kappa shape index (κ3) is 4.92. The summed E-state index contributed by atoms with van der Waals surface area (Å²) in [5.74, 6) is 1.28. The molecule has 4 rings (SSSR count). The van der Waals surface area contributed by atoms with Gasteiger partial charge in [0.25, 0.3) is 0 Å². The number of hydrogen-bond acceptors (Lipinski definition) is 6. The monoisotopic (exact) mass is 420 g/mol. The predicted octanol–water partition coefficient (Wildman–Crippen LogP) is 4.96. The van der Waals surface area contributed by atoms with Crippen molar-refractivity contribution >= 4 is 22.8 Å². The second-order valence-electron chi connectivity index (χ2n) is 6.35. The fraction of sp³-hybridized carbons (Fsp3) is 0.250. The molecule has 1 aromatic heterocycles. The third-order valence-electron chi connectivity index (χ3n) is 4.44. The Labute approximate surface area is 169 Å². The summed E-state index contributed by atoms with van der Waals surface area (Å²) in [4.78, 5) is 8.57. The molecule has 151 valence electrons. The molecule has 1 aliphatic heterocycles. The second-order valence-corrected chi connectivity index (χ2v) is 7.10. The molecule has 0 amide bonds. The number of piperazine rings is 1. The van der Waals surface area contributed by atoms with E-state index in [0.29, 0.717) is 31.2 Å². The summed E-state index contributed by atoms with van der Waals surface area (Å²) in [5.41, 5.74) is 3.74. The van der Waals surface area contributed by atoms with Crippen molar-refractivity contribution in [2.75, 3.05) is 36.0 Å². The first-order valence-corrected chi connectivity index (χ1v) is 9.75. The molecule has 0 saturated carbocycles. The lowest BCUT2D eigenvalue weighted by atomic mass is 10.2. The molecular formula is C20H17F3N3O2S. The summed E-state index contributed by atoms with van der Waals surface area (Å²) < 4.78 is 46.7. The third-order valence-corrected chi connectivity index (χ3v) is 5.07. The molecule has 5 nitrogen and oxygen atoms in total. The molecule has 1 radical (unpaired) electrons. The standard InChI is InChI=1S/C20H17F3N3O2S/c21-20(22,23)28-17-8-6-15(7-9-17)25-10-12-26(13-11-25)18-19(29-14-24-18)27-16-4-2-1-3-5-16/h1-9H,10-13H2. The average molecular weight is 420 g/mol. The summed E-state index contributed by atoms with van der Waals surface area (Å²) in [6.07, 6.45) is -4.68. The van der Waals surface area contributed by atoms with Crippen LogP contribution in [0.1, 0.15) is 0 Å². The van der Waals surface area contributed by atoms with Crippen molar-refractivity contribution < 1.29 is 22.6 Å². The highest BCUT2D eigenvalue weighted by Crippen LogP contribution is 2.36. The maximum absolute atomic E-state index is 12.3. The zero-order valence-corrected chi connectivity index (χ0v) is 16.0. The number of para-hydroxylation sites is 1. The molecule has 0 spiro atoms. The predicted molar refractivity (Wildman–Crippen MR) is 105 cm³/mol. The minimum atomic E-state index is -4.68. The summed E-state index contributed by atoms with van der Waals surface area (Å²) >= 11 is 1.32. The number of rotatable bonds is 5. The van der Waals surface area contributed by atoms with Crippen molar-refractivity contribution in [3.8, 4) is 16.6 Å². The van der Waals surface area contributed by atoms with Crippen LogP contribution in [0.5, 0.6) is 16.6 Å². The molecule has 2 aromatic carbocycles. The largest absolute Gasteiger partial charge is 0.573 e. The van der Waals surface area contributed by atoms with Crippen molar-refractivity contribution in [1.29, 1.82) is 0 Å². The van der Waals surface area contributed by atoms with Crippen LogP contribution in [0.25, 0.3) is 0 Å². The normalized spacial score (nSPS) is 14.7. The molecule has 0 aliphatic carbocycles. The Morgan fingerprint density at radius 2 is 1.52 bits per heavy atom. The maximum atomic E-state index is 12.3. The number of ether oxygens (including phenoxy) is 2. The van der Waals surface area contributed by atoms with Gasteiger partial charge in [-0.05, 0) is 36.4 Å². The van der Waals surface area contributed by atoms with Crippen LogP contribution in [-0.2, 0) is 0 Å². The molecule has 0 N–H and O–H groups in total. The van der Waals surface area contributed by atoms with Gasteiger partial charge in [0.15, 0.2) is 11.3 Å². The van der Waals surface area contributed by atoms with Gasteiger partial charge < -0.3 is 19.3 Å². The van der Waals surface area contributed by atoms with E-state index in [1.807, 2.05) is 30.3 Å². The molecule has 2 heterocycles. The molecule has 1 saturated heterocycles. The van der Waals surface area contributed by atoms with Crippen molar-refractivity contribution in [1.82, 2.24) is 4.98 Å². The van der Waals surface area contributed by atoms with Gasteiger partial charge in [0.05, 0.1) is 0 Å². The lowest BCUT2D eigenvalue weighted by Gasteiger charge is -2.36. The van der Waals surface area contributed by atoms with Crippen LogP contribution in [0.4, 0.5) is 24.7 Å². The van der Waals surface area contributed by atoms with Gasteiger partial charge in [-0.3, -0.25) is 0 Å². The van der Waals surface area contributed by atoms with Gasteiger partial charge in [-0.25, -0.2) is 4.98 Å². The van der Waals surface area contributed by atoms with E-state index in [4.69, 9.17) is 4.74 Å². The van der Waals surface area contributed by atoms with Gasteiger partial charge in [0, 0.05) is 31.9 Å². The van der Waals surface area contributed by atoms with Gasteiger partial charge in [0.1, 0.15) is 11.5 Å². The summed E-state index contributed by atoms with van der Waals surface area (Å²) in [5, 5.41) is 0.693. The quantitative estimate of drug-likeness (QED) is 0.583. The maximum Gasteiger partial charge on any atom is 0.573 e. The van der Waals surface area contributed by atoms with E-state index < -0.39 is 6.36 Å². The highest BCUT2D eigenvalue weighted by Gasteiger charge is 2.31. The SMILES string of the molecule is FC(F)(F)Oc1ccc(N2CCN(c3n[c]sc3Oc3ccccc3)CC2)cc1. The summed E-state index contributed by atoms with van der Waals surface area (Å²) in [6, 6.07) is 15.4. The molecule has 29 heavy (non-hydrogen) atoms. The zero-order valence-electron chi connectivity index (χ0n) is 15.2. The average Bonchev–Trinajstić information content (AvgIpc) is 3.16. The molecule has 0 bridgehead atoms. The molecule has 0 unspecified atom stereocenters. The molecule has 1 fully saturated rings. The van der Waals surface area contributed by atoms with Crippen LogP contribution < -0.4 is 19.3 Å². The van der Waals surface area contributed by atoms with E-state index in [9.17, 15) is 13.2 Å². The summed E-state index contributed by atoms with van der Waals surface area (Å²) in [6.45, 7) is 2.84. The van der Waals surface area contributed by atoms with Crippen molar-refractivity contribution in [3.63, 3.8) is 0 Å². The molecule has 9 heteroatoms. The van der Waals surface area contributed by atoms with Gasteiger partial charge >= 0.3 is 6.36 Å². The molecule has 1 aliphatic rings. The smallest absolute Gasteiger partial charge is 0.443 e. The number of benzene rings is 2. The Balaban J connectivity index is 1.37. The first-order valence-electron chi connectivity index (χ1n) is 8.93. The minimum absolute atomic E-state index is 0.222. The van der Waals surface area contributed by atoms with Crippen LogP contribution >= 0.6 is 11.3 Å². The number of anilines is 2. The Hall–Kier alpha value is -2.94. The van der Waals surface area contributed by atoms with Crippen molar-refractivity contribution in [3.05, 3.63) is 60.1 Å². The van der Waals surface area contributed by atoms with E-state index in [1.165, 1.54) is 23.5 Å². The van der Waals surface area contributed by atoms with Crippen LogP contribution in [0.15, 0.2) is 54.6 Å². The van der Waals surface area contributed by atoms with Gasteiger partial charge in [-0.2, -0.15) is 0 Å². The lowest BCUT2D eigenvalue weighted by Crippen LogP contribution is -2.46. The topological polar surface area (TPSA) is 37.8 Å². The Morgan fingerprint density at radius 1 is 0.862 bits per heavy atom. The fourth-order valence-electron chi connectivity index (χ4n) is 3.10. The van der Waals surface area contributed by atoms with Gasteiger partial charge in [0.2, 0.25) is 5.06 Å². The lowest BCUT2D eigenvalue weighted by molar-refractivity contribution is -0.274. The second kappa shape index (κ2) is 8.20. The van der Waals surface area contributed by atoms with Crippen LogP contribution in [0.2, 0.25) is 0 Å². The van der Waals surface area contributed by atoms with Crippen LogP contribution in [0, 0.1) is 5.51 Å². The summed E-state index contributed by atoms with van der Waals surface area (Å²) in [7, 11) is 0. The Kier molecular flexibility index (Phi) is 5.48. The molecule has 3 aromatic rings. The van der Waals surface area contributed by atoms with Crippen LogP contribution in [0.3, 0.4) is 0 Å². The Bertz CT molecular complexity index is 924. The van der Waals surface area contributed by atoms with Gasteiger partial charge in [-0.1, -0.05) is 29.5 Å². The molecule has 0 atom stereocenters. The number of nitrogens with zero attached hydrogens (tertiary/aromatic N) is 3. The number of hydrogen-bond donors (Lipinski definition) is 0. The number of thiazole rings is 1. The number of halogens is 3. The van der Waals surface area contributed by atoms with E-state index in [-0.39, 0.29) is 5.75 Å². The van der Waals surface area contributed by atoms with Gasteiger partial charge in [-0.15, -0.1) is 13.2 Å². The fourth-order valence-corrected chi connectivity index (χ4v) is 3.71. The first kappa shape index (κ1) is 19.4. The zero-order chi connectivity index (χ0) is 20.3. The first-order chi connectivity index (χ1) is 14.0. The number of aromatic nitrogens is 1. The number of alkyl halides is 3.